The van der Waals surface area contributed by atoms with Crippen molar-refractivity contribution in [2.45, 2.75) is 37.8 Å². The van der Waals surface area contributed by atoms with E-state index in [2.05, 4.69) is 25.9 Å². The summed E-state index contributed by atoms with van der Waals surface area (Å²) in [6.45, 7) is 0.756. The van der Waals surface area contributed by atoms with Gasteiger partial charge in [-0.05, 0) is 73.0 Å². The number of aromatic amines is 1. The van der Waals surface area contributed by atoms with Gasteiger partial charge >= 0.3 is 5.97 Å². The Morgan fingerprint density at radius 3 is 2.73 bits per heavy atom. The number of aromatic nitrogens is 4. The Bertz CT molecular complexity index is 1120. The van der Waals surface area contributed by atoms with Gasteiger partial charge in [0.25, 0.3) is 0 Å². The van der Waals surface area contributed by atoms with E-state index in [0.29, 0.717) is 29.8 Å². The number of piperidine rings is 1. The van der Waals surface area contributed by atoms with Crippen molar-refractivity contribution < 1.29 is 19.4 Å². The highest BCUT2D eigenvalue weighted by atomic mass is 16.5. The fourth-order valence-electron chi connectivity index (χ4n) is 5.13. The van der Waals surface area contributed by atoms with E-state index < -0.39 is 12.0 Å². The second kappa shape index (κ2) is 9.19. The number of ether oxygens (including phenoxy) is 2. The number of benzene rings is 2. The summed E-state index contributed by atoms with van der Waals surface area (Å²) < 4.78 is 12.1. The van der Waals surface area contributed by atoms with E-state index in [1.54, 1.807) is 7.11 Å². The van der Waals surface area contributed by atoms with Crippen LogP contribution in [0, 0.1) is 11.8 Å². The maximum atomic E-state index is 11.5. The van der Waals surface area contributed by atoms with E-state index in [-0.39, 0.29) is 6.10 Å². The summed E-state index contributed by atoms with van der Waals surface area (Å²) in [5.74, 6) is 1.99. The molecular formula is C24H27N5O4. The Morgan fingerprint density at radius 2 is 1.94 bits per heavy atom. The molecule has 1 aromatic heterocycles. The molecule has 1 saturated heterocycles. The van der Waals surface area contributed by atoms with Crippen molar-refractivity contribution in [2.24, 2.45) is 11.8 Å². The lowest BCUT2D eigenvalue weighted by Crippen LogP contribution is -2.50. The maximum absolute atomic E-state index is 11.5. The van der Waals surface area contributed by atoms with Gasteiger partial charge < -0.3 is 19.9 Å². The van der Waals surface area contributed by atoms with Gasteiger partial charge in [0.2, 0.25) is 5.82 Å². The maximum Gasteiger partial charge on any atom is 0.320 e. The molecule has 1 aliphatic heterocycles. The summed E-state index contributed by atoms with van der Waals surface area (Å²) in [6.07, 6.45) is 3.40. The lowest BCUT2D eigenvalue weighted by atomic mass is 9.72. The Kier molecular flexibility index (Phi) is 5.95. The summed E-state index contributed by atoms with van der Waals surface area (Å²) >= 11 is 0. The second-order valence-electron chi connectivity index (χ2n) is 8.75. The van der Waals surface area contributed by atoms with Gasteiger partial charge in [-0.2, -0.15) is 5.21 Å². The van der Waals surface area contributed by atoms with E-state index in [0.717, 1.165) is 48.2 Å². The van der Waals surface area contributed by atoms with Gasteiger partial charge in [-0.3, -0.25) is 4.79 Å². The van der Waals surface area contributed by atoms with Crippen LogP contribution in [0.3, 0.4) is 0 Å². The third-order valence-corrected chi connectivity index (χ3v) is 6.83. The quantitative estimate of drug-likeness (QED) is 0.525. The first-order chi connectivity index (χ1) is 16.1. The van der Waals surface area contributed by atoms with Crippen LogP contribution in [-0.4, -0.2) is 57.5 Å². The molecule has 4 atom stereocenters. The molecule has 0 radical (unpaired) electrons. The molecule has 1 saturated carbocycles. The number of nitrogens with zero attached hydrogens (tertiary/aromatic N) is 3. The number of para-hydroxylation sites is 1. The van der Waals surface area contributed by atoms with Crippen molar-refractivity contribution in [2.75, 3.05) is 13.7 Å². The number of hydrogen-bond acceptors (Lipinski definition) is 7. The van der Waals surface area contributed by atoms with E-state index in [1.165, 1.54) is 0 Å². The largest absolute Gasteiger partial charge is 0.496 e. The fraction of sp³-hybridized carbons (Fsp3) is 0.417. The van der Waals surface area contributed by atoms with E-state index >= 15 is 0 Å². The number of carboxylic acids is 1. The van der Waals surface area contributed by atoms with Crippen molar-refractivity contribution >= 4 is 5.97 Å². The topological polar surface area (TPSA) is 122 Å². The normalized spacial score (nSPS) is 24.6. The van der Waals surface area contributed by atoms with Crippen molar-refractivity contribution in [3.63, 3.8) is 0 Å². The van der Waals surface area contributed by atoms with Gasteiger partial charge in [0.15, 0.2) is 0 Å². The third-order valence-electron chi connectivity index (χ3n) is 6.83. The Morgan fingerprint density at radius 1 is 1.06 bits per heavy atom. The van der Waals surface area contributed by atoms with Gasteiger partial charge in [-0.1, -0.05) is 24.3 Å². The van der Waals surface area contributed by atoms with Gasteiger partial charge in [0.1, 0.15) is 17.5 Å². The van der Waals surface area contributed by atoms with Gasteiger partial charge in [-0.25, -0.2) is 0 Å². The van der Waals surface area contributed by atoms with Crippen molar-refractivity contribution in [3.8, 4) is 34.0 Å². The molecule has 172 valence electrons. The summed E-state index contributed by atoms with van der Waals surface area (Å²) in [5, 5.41) is 27.1. The van der Waals surface area contributed by atoms with Crippen LogP contribution in [0.1, 0.15) is 25.7 Å². The summed E-state index contributed by atoms with van der Waals surface area (Å²) in [7, 11) is 1.66. The first kappa shape index (κ1) is 21.4. The molecule has 1 aliphatic carbocycles. The highest BCUT2D eigenvalue weighted by Crippen LogP contribution is 2.40. The number of H-pyrrole nitrogens is 1. The van der Waals surface area contributed by atoms with Crippen LogP contribution in [0.2, 0.25) is 0 Å². The Balaban J connectivity index is 1.43. The zero-order chi connectivity index (χ0) is 22.8. The molecule has 5 rings (SSSR count). The number of methoxy groups -OCH3 is 1. The third kappa shape index (κ3) is 4.41. The zero-order valence-corrected chi connectivity index (χ0v) is 18.4. The summed E-state index contributed by atoms with van der Waals surface area (Å²) in [5.41, 5.74) is 2.70. The standard InChI is InChI=1S/C24H27N5O4/c1-32-21-5-3-2-4-18(21)14-7-9-19(23-26-28-29-27-23)22(12-14)33-17-8-6-15-13-25-20(24(30)31)11-16(15)10-17/h2-5,7,9,12,15-17,20,25H,6,8,10-11,13H2,1H3,(H,30,31)(H,26,27,28,29). The van der Waals surface area contributed by atoms with Crippen LogP contribution in [-0.2, 0) is 4.79 Å². The number of fused-ring (bicyclic) bond motifs is 1. The van der Waals surface area contributed by atoms with Gasteiger partial charge in [0.05, 0.1) is 18.8 Å². The highest BCUT2D eigenvalue weighted by Gasteiger charge is 2.38. The number of nitrogens with one attached hydrogen (secondary N) is 2. The number of hydrogen-bond donors (Lipinski definition) is 3. The molecule has 0 spiro atoms. The molecule has 2 heterocycles. The van der Waals surface area contributed by atoms with Crippen LogP contribution in [0.5, 0.6) is 11.5 Å². The average molecular weight is 450 g/mol. The van der Waals surface area contributed by atoms with Crippen LogP contribution in [0.4, 0.5) is 0 Å². The number of carboxylic acid groups (broad SMARTS) is 1. The SMILES string of the molecule is COc1ccccc1-c1ccc(-c2nn[nH]n2)c(OC2CCC3CNC(C(=O)O)CC3C2)c1. The fourth-order valence-corrected chi connectivity index (χ4v) is 5.13. The predicted molar refractivity (Wildman–Crippen MR) is 121 cm³/mol. The predicted octanol–water partition coefficient (Wildman–Crippen LogP) is 3.15. The lowest BCUT2D eigenvalue weighted by molar-refractivity contribution is -0.141. The van der Waals surface area contributed by atoms with Crippen LogP contribution < -0.4 is 14.8 Å². The smallest absolute Gasteiger partial charge is 0.320 e. The van der Waals surface area contributed by atoms with Gasteiger partial charge in [0, 0.05) is 5.56 Å². The molecule has 9 heteroatoms. The van der Waals surface area contributed by atoms with Crippen molar-refractivity contribution in [3.05, 3.63) is 42.5 Å². The van der Waals surface area contributed by atoms with E-state index in [4.69, 9.17) is 9.47 Å². The summed E-state index contributed by atoms with van der Waals surface area (Å²) in [6, 6.07) is 13.3. The lowest BCUT2D eigenvalue weighted by Gasteiger charge is -2.41. The molecule has 33 heavy (non-hydrogen) atoms. The van der Waals surface area contributed by atoms with E-state index in [9.17, 15) is 9.90 Å². The molecule has 0 bridgehead atoms. The minimum Gasteiger partial charge on any atom is -0.496 e. The van der Waals surface area contributed by atoms with Gasteiger partial charge in [-0.15, -0.1) is 10.2 Å². The second-order valence-corrected chi connectivity index (χ2v) is 8.75. The minimum absolute atomic E-state index is 0.00244. The monoisotopic (exact) mass is 449 g/mol. The molecule has 2 fully saturated rings. The molecule has 4 unspecified atom stereocenters. The first-order valence-corrected chi connectivity index (χ1v) is 11.3. The molecule has 2 aliphatic rings. The Hall–Kier alpha value is -3.46. The number of rotatable bonds is 6. The number of tetrazole rings is 1. The van der Waals surface area contributed by atoms with Crippen molar-refractivity contribution in [1.82, 2.24) is 25.9 Å². The molecule has 9 nitrogen and oxygen atoms in total. The van der Waals surface area contributed by atoms with E-state index in [1.807, 2.05) is 42.5 Å². The summed E-state index contributed by atoms with van der Waals surface area (Å²) in [4.78, 5) is 11.5. The number of aliphatic carboxylic acids is 1. The molecule has 3 N–H and O–H groups in total. The average Bonchev–Trinajstić information content (AvgIpc) is 3.38. The van der Waals surface area contributed by atoms with Crippen molar-refractivity contribution in [1.29, 1.82) is 0 Å². The Labute approximate surface area is 191 Å². The molecule has 2 aromatic carbocycles. The first-order valence-electron chi connectivity index (χ1n) is 11.3. The van der Waals surface area contributed by atoms with Crippen LogP contribution in [0.25, 0.3) is 22.5 Å². The highest BCUT2D eigenvalue weighted by molar-refractivity contribution is 5.76. The molecular weight excluding hydrogens is 422 g/mol. The minimum atomic E-state index is -0.777. The van der Waals surface area contributed by atoms with Crippen LogP contribution >= 0.6 is 0 Å². The zero-order valence-electron chi connectivity index (χ0n) is 18.4. The molecule has 0 amide bonds. The number of carbonyl (C=O) groups is 1. The van der Waals surface area contributed by atoms with Crippen LogP contribution in [0.15, 0.2) is 42.5 Å². The molecule has 3 aromatic rings.